The number of hydrogen-bond acceptors (Lipinski definition) is 2. The summed E-state index contributed by atoms with van der Waals surface area (Å²) in [6, 6.07) is 21.0. The molecular formula is C25H28N2. The van der Waals surface area contributed by atoms with Crippen LogP contribution in [-0.4, -0.2) is 10.7 Å². The van der Waals surface area contributed by atoms with Crippen molar-refractivity contribution in [2.24, 2.45) is 4.99 Å². The molecule has 0 aliphatic carbocycles. The summed E-state index contributed by atoms with van der Waals surface area (Å²) in [6.45, 7) is 11.0. The molecule has 0 fully saturated rings. The third-order valence-corrected chi connectivity index (χ3v) is 4.86. The Morgan fingerprint density at radius 2 is 1.48 bits per heavy atom. The summed E-state index contributed by atoms with van der Waals surface area (Å²) in [5.41, 5.74) is 8.00. The fourth-order valence-electron chi connectivity index (χ4n) is 3.31. The normalized spacial score (nSPS) is 12.0. The monoisotopic (exact) mass is 356 g/mol. The first-order valence-corrected chi connectivity index (χ1v) is 9.67. The number of rotatable bonds is 5. The highest BCUT2D eigenvalue weighted by molar-refractivity contribution is 6.01. The van der Waals surface area contributed by atoms with Gasteiger partial charge in [0.05, 0.1) is 11.4 Å². The number of hydrogen-bond donors (Lipinski definition) is 0. The molecule has 0 saturated heterocycles. The molecule has 3 aromatic rings. The molecule has 0 saturated carbocycles. The quantitative estimate of drug-likeness (QED) is 0.446. The molecule has 27 heavy (non-hydrogen) atoms. The summed E-state index contributed by atoms with van der Waals surface area (Å²) in [7, 11) is 0. The Labute approximate surface area is 163 Å². The molecule has 0 N–H and O–H groups in total. The summed E-state index contributed by atoms with van der Waals surface area (Å²) in [5.74, 6) is 0.880. The summed E-state index contributed by atoms with van der Waals surface area (Å²) in [5, 5.41) is 0. The van der Waals surface area contributed by atoms with Gasteiger partial charge in [-0.1, -0.05) is 70.2 Å². The third kappa shape index (κ3) is 4.33. The van der Waals surface area contributed by atoms with Crippen molar-refractivity contribution < 1.29 is 0 Å². The summed E-state index contributed by atoms with van der Waals surface area (Å²) in [6.07, 6.45) is 1.83. The van der Waals surface area contributed by atoms with E-state index in [4.69, 9.17) is 4.99 Å². The first-order valence-electron chi connectivity index (χ1n) is 9.67. The molecule has 0 aliphatic heterocycles. The van der Waals surface area contributed by atoms with Crippen LogP contribution in [0.5, 0.6) is 0 Å². The van der Waals surface area contributed by atoms with Crippen LogP contribution in [0.3, 0.4) is 0 Å². The molecule has 138 valence electrons. The molecule has 2 aromatic carbocycles. The standard InChI is InChI=1S/C25H28N2/c1-17(2)22-12-9-13-23(18(3)4)25(22)27-19(5)20-10-8-11-21(16-20)24-14-6-7-15-26-24/h6-18H,1-5H3. The van der Waals surface area contributed by atoms with E-state index in [-0.39, 0.29) is 0 Å². The molecule has 2 nitrogen and oxygen atoms in total. The Bertz CT molecular complexity index is 911. The second kappa shape index (κ2) is 8.30. The number of aromatic nitrogens is 1. The summed E-state index contributed by atoms with van der Waals surface area (Å²) < 4.78 is 0. The zero-order chi connectivity index (χ0) is 19.4. The molecule has 1 aromatic heterocycles. The maximum absolute atomic E-state index is 5.10. The molecule has 0 atom stereocenters. The molecule has 2 heteroatoms. The second-order valence-corrected chi connectivity index (χ2v) is 7.59. The number of nitrogens with zero attached hydrogens (tertiary/aromatic N) is 2. The smallest absolute Gasteiger partial charge is 0.0702 e. The Morgan fingerprint density at radius 1 is 0.815 bits per heavy atom. The van der Waals surface area contributed by atoms with Crippen molar-refractivity contribution in [3.63, 3.8) is 0 Å². The summed E-state index contributed by atoms with van der Waals surface area (Å²) >= 11 is 0. The van der Waals surface area contributed by atoms with Gasteiger partial charge in [-0.05, 0) is 53.6 Å². The van der Waals surface area contributed by atoms with E-state index in [9.17, 15) is 0 Å². The van der Waals surface area contributed by atoms with Gasteiger partial charge < -0.3 is 0 Å². The van der Waals surface area contributed by atoms with Crippen molar-refractivity contribution in [1.82, 2.24) is 4.98 Å². The number of aliphatic imine (C=N–C) groups is 1. The van der Waals surface area contributed by atoms with Crippen LogP contribution in [-0.2, 0) is 0 Å². The van der Waals surface area contributed by atoms with Crippen LogP contribution in [0.1, 0.15) is 63.1 Å². The third-order valence-electron chi connectivity index (χ3n) is 4.86. The fourth-order valence-corrected chi connectivity index (χ4v) is 3.31. The highest BCUT2D eigenvalue weighted by Crippen LogP contribution is 2.35. The minimum atomic E-state index is 0.440. The van der Waals surface area contributed by atoms with E-state index in [1.54, 1.807) is 0 Å². The van der Waals surface area contributed by atoms with Gasteiger partial charge in [0.2, 0.25) is 0 Å². The SMILES string of the molecule is CC(=Nc1c(C(C)C)cccc1C(C)C)c1cccc(-c2ccccn2)c1. The lowest BCUT2D eigenvalue weighted by molar-refractivity contribution is 0.834. The van der Waals surface area contributed by atoms with Gasteiger partial charge in [-0.3, -0.25) is 9.98 Å². The van der Waals surface area contributed by atoms with Gasteiger partial charge >= 0.3 is 0 Å². The van der Waals surface area contributed by atoms with Crippen LogP contribution < -0.4 is 0 Å². The van der Waals surface area contributed by atoms with Gasteiger partial charge in [0, 0.05) is 17.5 Å². The average Bonchev–Trinajstić information content (AvgIpc) is 2.68. The zero-order valence-corrected chi connectivity index (χ0v) is 16.9. The topological polar surface area (TPSA) is 25.2 Å². The van der Waals surface area contributed by atoms with Crippen molar-refractivity contribution in [2.45, 2.75) is 46.5 Å². The highest BCUT2D eigenvalue weighted by atomic mass is 14.8. The molecule has 3 rings (SSSR count). The number of pyridine rings is 1. The first-order chi connectivity index (χ1) is 13.0. The maximum Gasteiger partial charge on any atom is 0.0702 e. The van der Waals surface area contributed by atoms with Gasteiger partial charge in [0.15, 0.2) is 0 Å². The minimum absolute atomic E-state index is 0.440. The Kier molecular flexibility index (Phi) is 5.85. The van der Waals surface area contributed by atoms with Crippen molar-refractivity contribution in [2.75, 3.05) is 0 Å². The van der Waals surface area contributed by atoms with Crippen molar-refractivity contribution in [3.8, 4) is 11.3 Å². The van der Waals surface area contributed by atoms with Gasteiger partial charge in [-0.2, -0.15) is 0 Å². The van der Waals surface area contributed by atoms with Gasteiger partial charge in [-0.25, -0.2) is 0 Å². The van der Waals surface area contributed by atoms with Crippen molar-refractivity contribution in [1.29, 1.82) is 0 Å². The Hall–Kier alpha value is -2.74. The molecular weight excluding hydrogens is 328 g/mol. The predicted octanol–water partition coefficient (Wildman–Crippen LogP) is 7.14. The van der Waals surface area contributed by atoms with E-state index in [0.717, 1.165) is 28.2 Å². The molecule has 1 heterocycles. The van der Waals surface area contributed by atoms with Crippen LogP contribution in [0, 0.1) is 0 Å². The molecule has 0 bridgehead atoms. The van der Waals surface area contributed by atoms with Crippen LogP contribution in [0.2, 0.25) is 0 Å². The van der Waals surface area contributed by atoms with Gasteiger partial charge in [0.25, 0.3) is 0 Å². The van der Waals surface area contributed by atoms with E-state index in [1.165, 1.54) is 11.1 Å². The van der Waals surface area contributed by atoms with E-state index in [0.29, 0.717) is 11.8 Å². The number of para-hydroxylation sites is 1. The zero-order valence-electron chi connectivity index (χ0n) is 16.9. The van der Waals surface area contributed by atoms with E-state index >= 15 is 0 Å². The molecule has 0 amide bonds. The molecule has 0 unspecified atom stereocenters. The lowest BCUT2D eigenvalue weighted by Crippen LogP contribution is -1.99. The van der Waals surface area contributed by atoms with Crippen molar-refractivity contribution >= 4 is 11.4 Å². The summed E-state index contributed by atoms with van der Waals surface area (Å²) in [4.78, 5) is 9.57. The average molecular weight is 357 g/mol. The Balaban J connectivity index is 2.07. The number of benzene rings is 2. The fraction of sp³-hybridized carbons (Fsp3) is 0.280. The Morgan fingerprint density at radius 3 is 2.07 bits per heavy atom. The van der Waals surface area contributed by atoms with E-state index < -0.39 is 0 Å². The second-order valence-electron chi connectivity index (χ2n) is 7.59. The first kappa shape index (κ1) is 19.0. The molecule has 0 aliphatic rings. The van der Waals surface area contributed by atoms with Crippen molar-refractivity contribution in [3.05, 3.63) is 83.6 Å². The molecule has 0 radical (unpaired) electrons. The van der Waals surface area contributed by atoms with Crippen LogP contribution in [0.15, 0.2) is 71.9 Å². The van der Waals surface area contributed by atoms with Crippen LogP contribution >= 0.6 is 0 Å². The molecule has 0 spiro atoms. The van der Waals surface area contributed by atoms with Gasteiger partial charge in [0.1, 0.15) is 0 Å². The predicted molar refractivity (Wildman–Crippen MR) is 116 cm³/mol. The maximum atomic E-state index is 5.10. The van der Waals surface area contributed by atoms with Crippen LogP contribution in [0.25, 0.3) is 11.3 Å². The lowest BCUT2D eigenvalue weighted by Gasteiger charge is -2.17. The van der Waals surface area contributed by atoms with Gasteiger partial charge in [-0.15, -0.1) is 0 Å². The van der Waals surface area contributed by atoms with E-state index in [1.807, 2.05) is 24.4 Å². The van der Waals surface area contributed by atoms with E-state index in [2.05, 4.69) is 82.1 Å². The minimum Gasteiger partial charge on any atom is -0.256 e. The lowest BCUT2D eigenvalue weighted by atomic mass is 9.92. The largest absolute Gasteiger partial charge is 0.256 e. The van der Waals surface area contributed by atoms with Crippen LogP contribution in [0.4, 0.5) is 5.69 Å². The highest BCUT2D eigenvalue weighted by Gasteiger charge is 2.14.